The summed E-state index contributed by atoms with van der Waals surface area (Å²) in [4.78, 5) is 15.3. The summed E-state index contributed by atoms with van der Waals surface area (Å²) in [6.07, 6.45) is 10.3. The zero-order valence-electron chi connectivity index (χ0n) is 13.1. The topological polar surface area (TPSA) is 53.9 Å². The van der Waals surface area contributed by atoms with E-state index >= 15 is 0 Å². The fourth-order valence-electron chi connectivity index (χ4n) is 3.02. The van der Waals surface area contributed by atoms with Crippen molar-refractivity contribution in [1.82, 2.24) is 15.0 Å². The first-order chi connectivity index (χ1) is 10.9. The Morgan fingerprint density at radius 1 is 1.23 bits per heavy atom. The van der Waals surface area contributed by atoms with Gasteiger partial charge in [-0.1, -0.05) is 6.92 Å². The maximum absolute atomic E-state index is 4.48. The van der Waals surface area contributed by atoms with E-state index in [1.807, 2.05) is 24.5 Å². The van der Waals surface area contributed by atoms with Crippen LogP contribution in [0.5, 0.6) is 0 Å². The van der Waals surface area contributed by atoms with Crippen LogP contribution in [-0.4, -0.2) is 27.5 Å². The van der Waals surface area contributed by atoms with E-state index in [1.165, 1.54) is 31.2 Å². The lowest BCUT2D eigenvalue weighted by Crippen LogP contribution is -2.39. The minimum Gasteiger partial charge on any atom is -0.366 e. The van der Waals surface area contributed by atoms with Crippen LogP contribution in [0.4, 0.5) is 11.6 Å². The molecule has 0 spiro atoms. The molecule has 1 aliphatic rings. The Hall–Kier alpha value is -2.17. The SMILES string of the molecule is CCC1CCCCN1c1cc(NCc2ccncc2)ncn1. The molecule has 1 aliphatic heterocycles. The Kier molecular flexibility index (Phi) is 4.83. The van der Waals surface area contributed by atoms with E-state index in [2.05, 4.69) is 38.2 Å². The summed E-state index contributed by atoms with van der Waals surface area (Å²) in [5.41, 5.74) is 1.19. The van der Waals surface area contributed by atoms with Crippen LogP contribution in [0.25, 0.3) is 0 Å². The quantitative estimate of drug-likeness (QED) is 0.918. The number of nitrogens with one attached hydrogen (secondary N) is 1. The van der Waals surface area contributed by atoms with Crippen molar-refractivity contribution < 1.29 is 0 Å². The van der Waals surface area contributed by atoms with E-state index in [0.717, 1.165) is 24.7 Å². The molecule has 2 aromatic heterocycles. The molecule has 0 radical (unpaired) electrons. The Morgan fingerprint density at radius 3 is 2.91 bits per heavy atom. The van der Waals surface area contributed by atoms with Gasteiger partial charge in [0.1, 0.15) is 18.0 Å². The van der Waals surface area contributed by atoms with E-state index < -0.39 is 0 Å². The molecule has 0 amide bonds. The summed E-state index contributed by atoms with van der Waals surface area (Å²) in [6, 6.07) is 6.69. The predicted molar refractivity (Wildman–Crippen MR) is 88.9 cm³/mol. The highest BCUT2D eigenvalue weighted by atomic mass is 15.2. The fourth-order valence-corrected chi connectivity index (χ4v) is 3.02. The largest absolute Gasteiger partial charge is 0.366 e. The number of nitrogens with zero attached hydrogens (tertiary/aromatic N) is 4. The Labute approximate surface area is 131 Å². The fraction of sp³-hybridized carbons (Fsp3) is 0.471. The molecule has 5 nitrogen and oxygen atoms in total. The second-order valence-electron chi connectivity index (χ2n) is 5.72. The minimum atomic E-state index is 0.608. The number of anilines is 2. The number of aromatic nitrogens is 3. The van der Waals surface area contributed by atoms with E-state index in [4.69, 9.17) is 0 Å². The molecular weight excluding hydrogens is 274 g/mol. The molecule has 1 saturated heterocycles. The van der Waals surface area contributed by atoms with Gasteiger partial charge in [-0.05, 0) is 43.4 Å². The number of hydrogen-bond acceptors (Lipinski definition) is 5. The highest BCUT2D eigenvalue weighted by Gasteiger charge is 2.22. The second kappa shape index (κ2) is 7.20. The maximum atomic E-state index is 4.48. The third kappa shape index (κ3) is 3.53. The maximum Gasteiger partial charge on any atom is 0.134 e. The van der Waals surface area contributed by atoms with Crippen LogP contribution in [0.1, 0.15) is 38.2 Å². The van der Waals surface area contributed by atoms with Gasteiger partial charge in [0.15, 0.2) is 0 Å². The lowest BCUT2D eigenvalue weighted by molar-refractivity contribution is 0.446. The van der Waals surface area contributed by atoms with Crippen LogP contribution < -0.4 is 10.2 Å². The van der Waals surface area contributed by atoms with Crippen LogP contribution in [-0.2, 0) is 6.54 Å². The lowest BCUT2D eigenvalue weighted by atomic mass is 10.0. The molecule has 1 atom stereocenters. The first-order valence-corrected chi connectivity index (χ1v) is 8.08. The first kappa shape index (κ1) is 14.8. The van der Waals surface area contributed by atoms with Gasteiger partial charge < -0.3 is 10.2 Å². The molecule has 0 aliphatic carbocycles. The van der Waals surface area contributed by atoms with Gasteiger partial charge in [0, 0.05) is 37.6 Å². The van der Waals surface area contributed by atoms with Gasteiger partial charge in [-0.3, -0.25) is 4.98 Å². The molecule has 1 unspecified atom stereocenters. The monoisotopic (exact) mass is 297 g/mol. The van der Waals surface area contributed by atoms with Crippen molar-refractivity contribution in [2.75, 3.05) is 16.8 Å². The predicted octanol–water partition coefficient (Wildman–Crippen LogP) is 3.25. The third-order valence-electron chi connectivity index (χ3n) is 4.27. The van der Waals surface area contributed by atoms with Crippen molar-refractivity contribution in [2.45, 2.75) is 45.2 Å². The van der Waals surface area contributed by atoms with Gasteiger partial charge in [-0.2, -0.15) is 0 Å². The van der Waals surface area contributed by atoms with Crippen molar-refractivity contribution in [2.24, 2.45) is 0 Å². The summed E-state index contributed by atoms with van der Waals surface area (Å²) in [6.45, 7) is 4.10. The number of rotatable bonds is 5. The van der Waals surface area contributed by atoms with Crippen LogP contribution >= 0.6 is 0 Å². The summed E-state index contributed by atoms with van der Waals surface area (Å²) < 4.78 is 0. The van der Waals surface area contributed by atoms with Gasteiger partial charge in [0.05, 0.1) is 0 Å². The highest BCUT2D eigenvalue weighted by molar-refractivity contribution is 5.49. The molecule has 3 rings (SSSR count). The number of hydrogen-bond donors (Lipinski definition) is 1. The smallest absolute Gasteiger partial charge is 0.134 e. The zero-order chi connectivity index (χ0) is 15.2. The van der Waals surface area contributed by atoms with Crippen molar-refractivity contribution in [3.8, 4) is 0 Å². The van der Waals surface area contributed by atoms with Crippen LogP contribution in [0.3, 0.4) is 0 Å². The Bertz CT molecular complexity index is 587. The molecule has 0 bridgehead atoms. The van der Waals surface area contributed by atoms with Gasteiger partial charge >= 0.3 is 0 Å². The minimum absolute atomic E-state index is 0.608. The zero-order valence-corrected chi connectivity index (χ0v) is 13.1. The van der Waals surface area contributed by atoms with Crippen LogP contribution in [0, 0.1) is 0 Å². The van der Waals surface area contributed by atoms with Gasteiger partial charge in [0.2, 0.25) is 0 Å². The standard InChI is InChI=1S/C17H23N5/c1-2-15-5-3-4-10-22(15)17-11-16(20-13-21-17)19-12-14-6-8-18-9-7-14/h6-9,11,13,15H,2-5,10,12H2,1H3,(H,19,20,21). The molecule has 3 heterocycles. The molecular formula is C17H23N5. The third-order valence-corrected chi connectivity index (χ3v) is 4.27. The average Bonchev–Trinajstić information content (AvgIpc) is 2.61. The highest BCUT2D eigenvalue weighted by Crippen LogP contribution is 2.25. The van der Waals surface area contributed by atoms with E-state index in [0.29, 0.717) is 6.04 Å². The summed E-state index contributed by atoms with van der Waals surface area (Å²) in [7, 11) is 0. The van der Waals surface area contributed by atoms with E-state index in [-0.39, 0.29) is 0 Å². The Balaban J connectivity index is 1.69. The molecule has 2 aromatic rings. The van der Waals surface area contributed by atoms with Crippen molar-refractivity contribution in [1.29, 1.82) is 0 Å². The van der Waals surface area contributed by atoms with Crippen LogP contribution in [0.15, 0.2) is 36.9 Å². The van der Waals surface area contributed by atoms with Gasteiger partial charge in [-0.15, -0.1) is 0 Å². The number of pyridine rings is 1. The van der Waals surface area contributed by atoms with Crippen molar-refractivity contribution >= 4 is 11.6 Å². The normalized spacial score (nSPS) is 18.2. The van der Waals surface area contributed by atoms with Crippen LogP contribution in [0.2, 0.25) is 0 Å². The van der Waals surface area contributed by atoms with Crippen molar-refractivity contribution in [3.05, 3.63) is 42.5 Å². The Morgan fingerprint density at radius 2 is 2.09 bits per heavy atom. The van der Waals surface area contributed by atoms with E-state index in [9.17, 15) is 0 Å². The summed E-state index contributed by atoms with van der Waals surface area (Å²) in [5, 5.41) is 3.37. The van der Waals surface area contributed by atoms with Gasteiger partial charge in [0.25, 0.3) is 0 Å². The molecule has 5 heteroatoms. The second-order valence-corrected chi connectivity index (χ2v) is 5.72. The van der Waals surface area contributed by atoms with E-state index in [1.54, 1.807) is 6.33 Å². The van der Waals surface area contributed by atoms with Gasteiger partial charge in [-0.25, -0.2) is 9.97 Å². The number of piperidine rings is 1. The summed E-state index contributed by atoms with van der Waals surface area (Å²) in [5.74, 6) is 1.92. The summed E-state index contributed by atoms with van der Waals surface area (Å²) >= 11 is 0. The molecule has 1 fully saturated rings. The molecule has 116 valence electrons. The van der Waals surface area contributed by atoms with Crippen molar-refractivity contribution in [3.63, 3.8) is 0 Å². The molecule has 1 N–H and O–H groups in total. The average molecular weight is 297 g/mol. The molecule has 22 heavy (non-hydrogen) atoms. The molecule has 0 aromatic carbocycles. The lowest BCUT2D eigenvalue weighted by Gasteiger charge is -2.36. The first-order valence-electron chi connectivity index (χ1n) is 8.08. The molecule has 0 saturated carbocycles.